The Morgan fingerprint density at radius 2 is 0.688 bits per heavy atom. The van der Waals surface area contributed by atoms with Gasteiger partial charge in [-0.05, 0) is 0 Å². The summed E-state index contributed by atoms with van der Waals surface area (Å²) < 4.78 is 0. The molecule has 2 aromatic rings. The third kappa shape index (κ3) is 4.60. The second-order valence-electron chi connectivity index (χ2n) is 5.32. The number of nitro benzene ring substituents is 6. The summed E-state index contributed by atoms with van der Waals surface area (Å²) in [5, 5.41) is 70.2. The lowest BCUT2D eigenvalue weighted by Gasteiger charge is -2.21. The summed E-state index contributed by atoms with van der Waals surface area (Å²) in [5.41, 5.74) is -10.2. The van der Waals surface area contributed by atoms with E-state index in [1.165, 1.54) is 0 Å². The smallest absolute Gasteiger partial charge is 0.283 e. The van der Waals surface area contributed by atoms with Gasteiger partial charge in [-0.3, -0.25) is 60.7 Å². The van der Waals surface area contributed by atoms with Gasteiger partial charge < -0.3 is 11.5 Å². The summed E-state index contributed by atoms with van der Waals surface area (Å²) in [7, 11) is 0. The van der Waals surface area contributed by atoms with Gasteiger partial charge in [0.2, 0.25) is 0 Å². The van der Waals surface area contributed by atoms with E-state index >= 15 is 0 Å². The van der Waals surface area contributed by atoms with Crippen LogP contribution in [0, 0.1) is 60.7 Å². The van der Waals surface area contributed by atoms with E-state index < -0.39 is 75.0 Å². The molecule has 0 aliphatic rings. The van der Waals surface area contributed by atoms with Crippen LogP contribution in [-0.2, 0) is 0 Å². The van der Waals surface area contributed by atoms with Crippen molar-refractivity contribution in [2.45, 2.75) is 0 Å². The van der Waals surface area contributed by atoms with Gasteiger partial charge in [-0.15, -0.1) is 0 Å². The van der Waals surface area contributed by atoms with E-state index in [2.05, 4.69) is 5.32 Å². The Morgan fingerprint density at radius 3 is 0.844 bits per heavy atom. The van der Waals surface area contributed by atoms with Crippen LogP contribution >= 0.6 is 0 Å². The number of hydrogen-bond donors (Lipinski definition) is 1. The normalized spacial score (nSPS) is 9.88. The summed E-state index contributed by atoms with van der Waals surface area (Å²) in [5.74, 6) is 0. The van der Waals surface area contributed by atoms with Crippen molar-refractivity contribution in [2.75, 3.05) is 0 Å². The van der Waals surface area contributed by atoms with Gasteiger partial charge >= 0.3 is 0 Å². The van der Waals surface area contributed by atoms with E-state index in [1.54, 1.807) is 0 Å². The molecule has 0 bridgehead atoms. The number of nitrogens with zero attached hydrogens (tertiary/aromatic N) is 7. The molecule has 0 saturated heterocycles. The van der Waals surface area contributed by atoms with Crippen LogP contribution < -0.4 is 6.15 Å². The monoisotopic (exact) mass is 456 g/mol. The Balaban J connectivity index is 0.00000512. The first-order chi connectivity index (χ1) is 14.3. The molecule has 4 N–H and O–H groups in total. The lowest BCUT2D eigenvalue weighted by molar-refractivity contribution is -0.402. The molecule has 2 aromatic carbocycles. The van der Waals surface area contributed by atoms with E-state index in [9.17, 15) is 60.7 Å². The second-order valence-corrected chi connectivity index (χ2v) is 5.32. The van der Waals surface area contributed by atoms with Gasteiger partial charge in [0.25, 0.3) is 34.1 Å². The first-order valence-electron chi connectivity index (χ1n) is 7.29. The first kappa shape index (κ1) is 24.6. The third-order valence-corrected chi connectivity index (χ3v) is 3.54. The highest BCUT2D eigenvalue weighted by Gasteiger charge is 2.30. The lowest BCUT2D eigenvalue weighted by Crippen LogP contribution is -2.00. The van der Waals surface area contributed by atoms with Crippen molar-refractivity contribution in [1.29, 1.82) is 0 Å². The fourth-order valence-electron chi connectivity index (χ4n) is 2.29. The molecular weight excluding hydrogens is 448 g/mol. The van der Waals surface area contributed by atoms with E-state index in [4.69, 9.17) is 0 Å². The van der Waals surface area contributed by atoms with Crippen molar-refractivity contribution < 1.29 is 29.5 Å². The molecule has 0 atom stereocenters. The number of quaternary nitrogens is 1. The molecule has 20 heteroatoms. The highest BCUT2D eigenvalue weighted by Crippen LogP contribution is 2.52. The first-order valence-corrected chi connectivity index (χ1v) is 7.29. The predicted molar refractivity (Wildman–Crippen MR) is 101 cm³/mol. The zero-order valence-electron chi connectivity index (χ0n) is 15.3. The Bertz CT molecular complexity index is 1030. The van der Waals surface area contributed by atoms with Gasteiger partial charge in [-0.25, -0.2) is 0 Å². The molecule has 0 heterocycles. The minimum atomic E-state index is -1.36. The van der Waals surface area contributed by atoms with Crippen molar-refractivity contribution >= 4 is 45.5 Å². The number of hydrogen-bond acceptors (Lipinski definition) is 12. The average molecular weight is 456 g/mol. The maximum Gasteiger partial charge on any atom is 0.283 e. The van der Waals surface area contributed by atoms with Gasteiger partial charge in [0, 0.05) is 11.4 Å². The summed E-state index contributed by atoms with van der Waals surface area (Å²) in [6.07, 6.45) is 0. The molecule has 0 saturated carbocycles. The number of benzene rings is 2. The number of nitro groups is 6. The van der Waals surface area contributed by atoms with Crippen LogP contribution in [0.3, 0.4) is 0 Å². The number of rotatable bonds is 8. The van der Waals surface area contributed by atoms with Crippen LogP contribution in [0.2, 0.25) is 0 Å². The highest BCUT2D eigenvalue weighted by molar-refractivity contribution is 5.92. The van der Waals surface area contributed by atoms with Gasteiger partial charge in [0.1, 0.15) is 0 Å². The van der Waals surface area contributed by atoms with Gasteiger partial charge in [-0.2, -0.15) is 0 Å². The maximum atomic E-state index is 11.3. The van der Waals surface area contributed by atoms with Crippen LogP contribution in [-0.4, -0.2) is 29.5 Å². The van der Waals surface area contributed by atoms with Gasteiger partial charge in [0.05, 0.1) is 53.8 Å². The van der Waals surface area contributed by atoms with E-state index in [-0.39, 0.29) is 30.4 Å². The second kappa shape index (κ2) is 8.95. The lowest BCUT2D eigenvalue weighted by atomic mass is 10.1. The van der Waals surface area contributed by atoms with Crippen molar-refractivity contribution in [3.63, 3.8) is 0 Å². The van der Waals surface area contributed by atoms with Crippen molar-refractivity contribution in [3.8, 4) is 0 Å². The molecule has 0 radical (unpaired) electrons. The van der Waals surface area contributed by atoms with Crippen LogP contribution in [0.25, 0.3) is 5.32 Å². The quantitative estimate of drug-likeness (QED) is 0.437. The molecule has 2 rings (SSSR count). The Morgan fingerprint density at radius 1 is 0.469 bits per heavy atom. The minimum absolute atomic E-state index is 0. The summed E-state index contributed by atoms with van der Waals surface area (Å²) in [6, 6.07) is 1.04. The molecule has 0 aromatic heterocycles. The zero-order valence-corrected chi connectivity index (χ0v) is 15.3. The number of non-ortho nitro benzene ring substituents is 2. The largest absolute Gasteiger partial charge is 0.635 e. The Kier molecular flexibility index (Phi) is 6.89. The van der Waals surface area contributed by atoms with E-state index in [0.29, 0.717) is 0 Å². The van der Waals surface area contributed by atoms with E-state index in [0.717, 1.165) is 0 Å². The average Bonchev–Trinajstić information content (AvgIpc) is 2.66. The van der Waals surface area contributed by atoms with Crippen molar-refractivity contribution in [1.82, 2.24) is 6.15 Å². The van der Waals surface area contributed by atoms with Gasteiger partial charge in [-0.1, -0.05) is 0 Å². The van der Waals surface area contributed by atoms with Crippen molar-refractivity contribution in [2.24, 2.45) is 0 Å². The minimum Gasteiger partial charge on any atom is -0.635 e. The fourth-order valence-corrected chi connectivity index (χ4v) is 2.29. The van der Waals surface area contributed by atoms with E-state index in [1.807, 2.05) is 0 Å². The topological polar surface area (TPSA) is 309 Å². The molecule has 0 fully saturated rings. The zero-order chi connectivity index (χ0) is 23.6. The molecule has 0 aliphatic heterocycles. The summed E-state index contributed by atoms with van der Waals surface area (Å²) in [6.45, 7) is 0. The van der Waals surface area contributed by atoms with Crippen LogP contribution in [0.15, 0.2) is 24.3 Å². The molecule has 0 unspecified atom stereocenters. The molecule has 32 heavy (non-hydrogen) atoms. The molecule has 0 aliphatic carbocycles. The summed E-state index contributed by atoms with van der Waals surface area (Å²) >= 11 is 0. The van der Waals surface area contributed by atoms with Crippen molar-refractivity contribution in [3.05, 3.63) is 90.3 Å². The predicted octanol–water partition coefficient (Wildman–Crippen LogP) is 3.85. The molecule has 20 nitrogen and oxygen atoms in total. The molecule has 0 spiro atoms. The molecular formula is C12H8N8O12. The molecule has 0 amide bonds. The Labute approximate surface area is 172 Å². The standard InChI is InChI=1S/C12H4N7O12.H3N/c20-14(21)5-1-7(16(24)25)11(8(2-5)17(26)27)13-12-9(18(28)29)3-6(15(22)23)4-10(12)19(30)31;/h1-4H;1H3/q-1;/p+1. The fraction of sp³-hybridized carbons (Fsp3) is 0. The Hall–Kier alpha value is -5.40. The molecule has 168 valence electrons. The maximum absolute atomic E-state index is 11.3. The summed E-state index contributed by atoms with van der Waals surface area (Å²) in [4.78, 5) is 59.2. The SMILES string of the molecule is O=[N+]([O-])c1cc([N+](=O)[O-])c([N-]c2c([N+](=O)[O-])cc([N+](=O)[O-])cc2[N+](=O)[O-])c([N+](=O)[O-])c1.[NH4+]. The van der Waals surface area contributed by atoms with Crippen LogP contribution in [0.5, 0.6) is 0 Å². The van der Waals surface area contributed by atoms with Crippen LogP contribution in [0.4, 0.5) is 45.5 Å². The van der Waals surface area contributed by atoms with Gasteiger partial charge in [0.15, 0.2) is 0 Å². The third-order valence-electron chi connectivity index (χ3n) is 3.54. The van der Waals surface area contributed by atoms with Crippen LogP contribution in [0.1, 0.15) is 0 Å². The highest BCUT2D eigenvalue weighted by atomic mass is 16.6.